The number of nitrogens with zero attached hydrogens (tertiary/aromatic N) is 2. The maximum atomic E-state index is 13.0. The Hall–Kier alpha value is -2.76. The van der Waals surface area contributed by atoms with Crippen molar-refractivity contribution >= 4 is 22.8 Å². The molecule has 1 aliphatic carbocycles. The molecule has 2 aromatic rings. The van der Waals surface area contributed by atoms with Crippen molar-refractivity contribution in [3.8, 4) is 0 Å². The van der Waals surface area contributed by atoms with Crippen LogP contribution in [0.15, 0.2) is 42.5 Å². The summed E-state index contributed by atoms with van der Waals surface area (Å²) in [7, 11) is 1.65. The molecule has 0 bridgehead atoms. The Morgan fingerprint density at radius 1 is 1.07 bits per heavy atom. The van der Waals surface area contributed by atoms with E-state index >= 15 is 0 Å². The number of piperidine rings is 1. The van der Waals surface area contributed by atoms with Crippen LogP contribution in [0, 0.1) is 0 Å². The van der Waals surface area contributed by atoms with E-state index in [2.05, 4.69) is 41.0 Å². The van der Waals surface area contributed by atoms with Crippen molar-refractivity contribution in [2.75, 3.05) is 20.1 Å². The molecular formula is C22H28N4O2. The summed E-state index contributed by atoms with van der Waals surface area (Å²) < 4.78 is 0. The third-order valence-corrected chi connectivity index (χ3v) is 5.72. The van der Waals surface area contributed by atoms with Crippen LogP contribution in [0.1, 0.15) is 31.2 Å². The summed E-state index contributed by atoms with van der Waals surface area (Å²) in [6, 6.07) is 14.9. The van der Waals surface area contributed by atoms with Gasteiger partial charge in [0.05, 0.1) is 6.04 Å². The molecule has 1 aliphatic heterocycles. The van der Waals surface area contributed by atoms with Crippen molar-refractivity contribution in [3.05, 3.63) is 48.0 Å². The lowest BCUT2D eigenvalue weighted by Crippen LogP contribution is -2.56. The van der Waals surface area contributed by atoms with Crippen LogP contribution in [0.4, 0.5) is 9.59 Å². The van der Waals surface area contributed by atoms with Crippen LogP contribution in [0.25, 0.3) is 10.8 Å². The van der Waals surface area contributed by atoms with E-state index in [4.69, 9.17) is 0 Å². The van der Waals surface area contributed by atoms with E-state index in [0.717, 1.165) is 37.8 Å². The fraction of sp³-hybridized carbons (Fsp3) is 0.455. The summed E-state index contributed by atoms with van der Waals surface area (Å²) in [4.78, 5) is 28.8. The molecule has 6 nitrogen and oxygen atoms in total. The minimum Gasteiger partial charge on any atom is -0.341 e. The minimum atomic E-state index is -0.0583. The molecule has 2 aliphatic rings. The monoisotopic (exact) mass is 380 g/mol. The molecule has 2 N–H and O–H groups in total. The second kappa shape index (κ2) is 8.09. The first-order valence-corrected chi connectivity index (χ1v) is 10.2. The van der Waals surface area contributed by atoms with Crippen LogP contribution < -0.4 is 10.6 Å². The highest BCUT2D eigenvalue weighted by Gasteiger charge is 2.39. The molecule has 4 amide bonds. The fourth-order valence-corrected chi connectivity index (χ4v) is 4.12. The third kappa shape index (κ3) is 4.06. The van der Waals surface area contributed by atoms with Crippen LogP contribution in [0.2, 0.25) is 0 Å². The Labute approximate surface area is 165 Å². The summed E-state index contributed by atoms with van der Waals surface area (Å²) in [5, 5.41) is 8.19. The van der Waals surface area contributed by atoms with Gasteiger partial charge in [-0.05, 0) is 48.1 Å². The third-order valence-electron chi connectivity index (χ3n) is 5.72. The molecule has 1 atom stereocenters. The Morgan fingerprint density at radius 2 is 1.86 bits per heavy atom. The van der Waals surface area contributed by atoms with E-state index in [1.165, 1.54) is 10.8 Å². The molecule has 4 rings (SSSR count). The molecule has 0 radical (unpaired) electrons. The molecule has 2 fully saturated rings. The van der Waals surface area contributed by atoms with Gasteiger partial charge in [0, 0.05) is 32.7 Å². The van der Waals surface area contributed by atoms with Crippen LogP contribution in [-0.4, -0.2) is 54.1 Å². The van der Waals surface area contributed by atoms with Gasteiger partial charge in [0.25, 0.3) is 0 Å². The van der Waals surface area contributed by atoms with Crippen molar-refractivity contribution in [3.63, 3.8) is 0 Å². The Morgan fingerprint density at radius 3 is 2.61 bits per heavy atom. The van der Waals surface area contributed by atoms with Gasteiger partial charge in [0.1, 0.15) is 0 Å². The lowest BCUT2D eigenvalue weighted by molar-refractivity contribution is 0.116. The van der Waals surface area contributed by atoms with E-state index in [-0.39, 0.29) is 18.1 Å². The zero-order valence-electron chi connectivity index (χ0n) is 16.4. The Balaban J connectivity index is 1.41. The highest BCUT2D eigenvalue weighted by Crippen LogP contribution is 2.31. The molecule has 2 aromatic carbocycles. The number of fused-ring (bicyclic) bond motifs is 1. The van der Waals surface area contributed by atoms with Crippen LogP contribution in [-0.2, 0) is 6.54 Å². The van der Waals surface area contributed by atoms with Gasteiger partial charge < -0.3 is 20.4 Å². The van der Waals surface area contributed by atoms with Gasteiger partial charge in [-0.3, -0.25) is 0 Å². The highest BCUT2D eigenvalue weighted by atomic mass is 16.2. The average Bonchev–Trinajstić information content (AvgIpc) is 3.57. The van der Waals surface area contributed by atoms with Crippen molar-refractivity contribution in [1.82, 2.24) is 20.4 Å². The van der Waals surface area contributed by atoms with Gasteiger partial charge in [-0.2, -0.15) is 0 Å². The van der Waals surface area contributed by atoms with Gasteiger partial charge in [-0.25, -0.2) is 9.59 Å². The van der Waals surface area contributed by atoms with Crippen LogP contribution >= 0.6 is 0 Å². The number of rotatable bonds is 4. The average molecular weight is 380 g/mol. The molecular weight excluding hydrogens is 352 g/mol. The maximum absolute atomic E-state index is 13.0. The summed E-state index contributed by atoms with van der Waals surface area (Å²) in [6.45, 7) is 1.88. The standard InChI is InChI=1S/C22H28N4O2/c1-23-21(27)25-12-4-7-20(15-25)26(19-10-11-19)22(28)24-14-16-8-9-17-5-2-3-6-18(17)13-16/h2-3,5-6,8-9,13,19-20H,4,7,10-12,14-15H2,1H3,(H,23,27)(H,24,28). The second-order valence-electron chi connectivity index (χ2n) is 7.78. The largest absolute Gasteiger partial charge is 0.341 e. The second-order valence-corrected chi connectivity index (χ2v) is 7.78. The number of hydrogen-bond acceptors (Lipinski definition) is 2. The van der Waals surface area contributed by atoms with Crippen LogP contribution in [0.5, 0.6) is 0 Å². The predicted octanol–water partition coefficient (Wildman–Crippen LogP) is 3.32. The number of amides is 4. The lowest BCUT2D eigenvalue weighted by Gasteiger charge is -2.39. The number of urea groups is 2. The van der Waals surface area contributed by atoms with Gasteiger partial charge in [0.2, 0.25) is 0 Å². The van der Waals surface area contributed by atoms with Crippen molar-refractivity contribution in [2.45, 2.75) is 44.3 Å². The predicted molar refractivity (Wildman–Crippen MR) is 110 cm³/mol. The first-order valence-electron chi connectivity index (χ1n) is 10.2. The maximum Gasteiger partial charge on any atom is 0.318 e. The Kier molecular flexibility index (Phi) is 5.37. The van der Waals surface area contributed by atoms with Crippen molar-refractivity contribution in [2.24, 2.45) is 0 Å². The van der Waals surface area contributed by atoms with Crippen molar-refractivity contribution in [1.29, 1.82) is 0 Å². The smallest absolute Gasteiger partial charge is 0.318 e. The zero-order valence-corrected chi connectivity index (χ0v) is 16.4. The Bertz CT molecular complexity index is 864. The van der Waals surface area contributed by atoms with E-state index in [9.17, 15) is 9.59 Å². The van der Waals surface area contributed by atoms with E-state index < -0.39 is 0 Å². The van der Waals surface area contributed by atoms with Gasteiger partial charge in [-0.1, -0.05) is 36.4 Å². The van der Waals surface area contributed by atoms with Gasteiger partial charge >= 0.3 is 12.1 Å². The molecule has 0 spiro atoms. The molecule has 1 saturated carbocycles. The number of carbonyl (C=O) groups excluding carboxylic acids is 2. The van der Waals surface area contributed by atoms with Crippen LogP contribution in [0.3, 0.4) is 0 Å². The highest BCUT2D eigenvalue weighted by molar-refractivity contribution is 5.83. The molecule has 0 aromatic heterocycles. The lowest BCUT2D eigenvalue weighted by atomic mass is 10.0. The summed E-state index contributed by atoms with van der Waals surface area (Å²) in [6.07, 6.45) is 3.99. The molecule has 148 valence electrons. The van der Waals surface area contributed by atoms with Gasteiger partial charge in [-0.15, -0.1) is 0 Å². The first-order chi connectivity index (χ1) is 13.7. The van der Waals surface area contributed by atoms with E-state index in [1.54, 1.807) is 7.05 Å². The zero-order chi connectivity index (χ0) is 19.5. The fourth-order valence-electron chi connectivity index (χ4n) is 4.12. The normalized spacial score (nSPS) is 19.3. The summed E-state index contributed by atoms with van der Waals surface area (Å²) in [5.41, 5.74) is 1.10. The van der Waals surface area contributed by atoms with E-state index in [1.807, 2.05) is 21.9 Å². The molecule has 28 heavy (non-hydrogen) atoms. The summed E-state index contributed by atoms with van der Waals surface area (Å²) in [5.74, 6) is 0. The number of likely N-dealkylation sites (tertiary alicyclic amines) is 1. The minimum absolute atomic E-state index is 0.0144. The summed E-state index contributed by atoms with van der Waals surface area (Å²) >= 11 is 0. The quantitative estimate of drug-likeness (QED) is 0.855. The number of nitrogens with one attached hydrogen (secondary N) is 2. The SMILES string of the molecule is CNC(=O)N1CCCC(N(C(=O)NCc2ccc3ccccc3c2)C2CC2)C1. The molecule has 1 heterocycles. The topological polar surface area (TPSA) is 64.7 Å². The number of hydrogen-bond donors (Lipinski definition) is 2. The molecule has 6 heteroatoms. The first kappa shape index (κ1) is 18.6. The molecule has 1 unspecified atom stereocenters. The number of benzene rings is 2. The van der Waals surface area contributed by atoms with Gasteiger partial charge in [0.15, 0.2) is 0 Å². The van der Waals surface area contributed by atoms with E-state index in [0.29, 0.717) is 19.1 Å². The molecule has 1 saturated heterocycles. The number of carbonyl (C=O) groups is 2. The van der Waals surface area contributed by atoms with Crippen molar-refractivity contribution < 1.29 is 9.59 Å².